The minimum absolute atomic E-state index is 0.123. The van der Waals surface area contributed by atoms with Crippen LogP contribution in [-0.4, -0.2) is 13.7 Å². The largest absolute Gasteiger partial charge is 0.316 e. The van der Waals surface area contributed by atoms with Gasteiger partial charge < -0.3 is 18.6 Å². The Hall–Kier alpha value is -8.86. The van der Waals surface area contributed by atoms with Crippen molar-refractivity contribution in [3.05, 3.63) is 254 Å². The van der Waals surface area contributed by atoms with Crippen molar-refractivity contribution < 1.29 is 0 Å². The molecule has 4 nitrogen and oxygen atoms in total. The van der Waals surface area contributed by atoms with E-state index in [0.29, 0.717) is 0 Å². The molecule has 326 valence electrons. The zero-order valence-corrected chi connectivity index (χ0v) is 38.4. The van der Waals surface area contributed by atoms with Gasteiger partial charge in [-0.3, -0.25) is 0 Å². The lowest BCUT2D eigenvalue weighted by Crippen LogP contribution is -2.16. The average molecular weight is 883 g/mol. The Balaban J connectivity index is 0.945. The molecule has 0 radical (unpaired) electrons. The summed E-state index contributed by atoms with van der Waals surface area (Å²) in [5, 5.41) is 6.17. The van der Waals surface area contributed by atoms with Crippen LogP contribution in [0.25, 0.3) is 93.8 Å². The summed E-state index contributed by atoms with van der Waals surface area (Å²) in [7, 11) is 0. The number of hydrogen-bond donors (Lipinski definition) is 0. The SMILES string of the molecule is CC1(C)c2ccccc2-c2ccc(N(c3ccc(-c4ccccc4)cc3)c3ccc(-n4c5ccccc5c5cc6c7cc8ccn(-c9ccccc9)c8cc7n(-c7ccccc7)c6cc54)cc3)cc21. The van der Waals surface area contributed by atoms with E-state index in [0.717, 1.165) is 34.1 Å². The van der Waals surface area contributed by atoms with E-state index in [2.05, 4.69) is 275 Å². The second-order valence-electron chi connectivity index (χ2n) is 19.0. The Morgan fingerprint density at radius 3 is 1.59 bits per heavy atom. The molecule has 0 bridgehead atoms. The van der Waals surface area contributed by atoms with Crippen LogP contribution in [0.15, 0.2) is 243 Å². The molecule has 1 aliphatic rings. The van der Waals surface area contributed by atoms with Gasteiger partial charge in [0.15, 0.2) is 0 Å². The lowest BCUT2D eigenvalue weighted by Gasteiger charge is -2.28. The molecule has 14 rings (SSSR count). The average Bonchev–Trinajstić information content (AvgIpc) is 4.13. The summed E-state index contributed by atoms with van der Waals surface area (Å²) in [4.78, 5) is 2.41. The smallest absolute Gasteiger partial charge is 0.0562 e. The highest BCUT2D eigenvalue weighted by atomic mass is 15.1. The Kier molecular flexibility index (Phi) is 8.59. The van der Waals surface area contributed by atoms with E-state index in [1.807, 2.05) is 0 Å². The molecule has 0 amide bonds. The Morgan fingerprint density at radius 1 is 0.333 bits per heavy atom. The lowest BCUT2D eigenvalue weighted by atomic mass is 9.82. The number of aromatic nitrogens is 3. The maximum Gasteiger partial charge on any atom is 0.0562 e. The van der Waals surface area contributed by atoms with Gasteiger partial charge in [-0.15, -0.1) is 0 Å². The van der Waals surface area contributed by atoms with Crippen molar-refractivity contribution in [2.75, 3.05) is 4.90 Å². The van der Waals surface area contributed by atoms with Gasteiger partial charge in [-0.2, -0.15) is 0 Å². The molecule has 0 unspecified atom stereocenters. The number of hydrogen-bond acceptors (Lipinski definition) is 1. The first kappa shape index (κ1) is 39.3. The van der Waals surface area contributed by atoms with Gasteiger partial charge in [0.2, 0.25) is 0 Å². The highest BCUT2D eigenvalue weighted by Crippen LogP contribution is 2.51. The van der Waals surface area contributed by atoms with Crippen molar-refractivity contribution in [2.45, 2.75) is 19.3 Å². The molecule has 3 heterocycles. The second-order valence-corrected chi connectivity index (χ2v) is 19.0. The van der Waals surface area contributed by atoms with E-state index in [9.17, 15) is 0 Å². The second kappa shape index (κ2) is 15.1. The van der Waals surface area contributed by atoms with Crippen LogP contribution >= 0.6 is 0 Å². The van der Waals surface area contributed by atoms with Gasteiger partial charge in [-0.05, 0) is 143 Å². The molecule has 13 aromatic rings. The molecular weight excluding hydrogens is 837 g/mol. The van der Waals surface area contributed by atoms with Crippen molar-refractivity contribution in [1.29, 1.82) is 0 Å². The highest BCUT2D eigenvalue weighted by molar-refractivity contribution is 6.20. The molecule has 0 spiro atoms. The van der Waals surface area contributed by atoms with Crippen molar-refractivity contribution >= 4 is 71.6 Å². The van der Waals surface area contributed by atoms with Crippen molar-refractivity contribution in [2.24, 2.45) is 0 Å². The molecule has 10 aromatic carbocycles. The van der Waals surface area contributed by atoms with Crippen LogP contribution in [0.5, 0.6) is 0 Å². The third-order valence-corrected chi connectivity index (χ3v) is 14.8. The van der Waals surface area contributed by atoms with Crippen LogP contribution in [0.4, 0.5) is 17.1 Å². The summed E-state index contributed by atoms with van der Waals surface area (Å²) in [6, 6.07) is 86.9. The van der Waals surface area contributed by atoms with Gasteiger partial charge in [0.1, 0.15) is 0 Å². The summed E-state index contributed by atoms with van der Waals surface area (Å²) < 4.78 is 7.21. The summed E-state index contributed by atoms with van der Waals surface area (Å²) in [6.45, 7) is 4.72. The molecule has 0 aliphatic heterocycles. The van der Waals surface area contributed by atoms with Crippen LogP contribution in [0.3, 0.4) is 0 Å². The van der Waals surface area contributed by atoms with Crippen LogP contribution in [0, 0.1) is 0 Å². The van der Waals surface area contributed by atoms with E-state index in [1.54, 1.807) is 0 Å². The zero-order chi connectivity index (χ0) is 45.8. The van der Waals surface area contributed by atoms with Crippen molar-refractivity contribution in [1.82, 2.24) is 13.7 Å². The van der Waals surface area contributed by atoms with Gasteiger partial charge in [-0.25, -0.2) is 0 Å². The molecule has 3 aromatic heterocycles. The van der Waals surface area contributed by atoms with Gasteiger partial charge in [0, 0.05) is 72.7 Å². The fraction of sp³-hybridized carbons (Fsp3) is 0.0462. The monoisotopic (exact) mass is 882 g/mol. The van der Waals surface area contributed by atoms with Gasteiger partial charge in [0.25, 0.3) is 0 Å². The Morgan fingerprint density at radius 2 is 0.855 bits per heavy atom. The van der Waals surface area contributed by atoms with Gasteiger partial charge in [0.05, 0.1) is 27.6 Å². The van der Waals surface area contributed by atoms with E-state index >= 15 is 0 Å². The molecule has 0 N–H and O–H groups in total. The minimum atomic E-state index is -0.123. The number of benzene rings is 10. The molecule has 69 heavy (non-hydrogen) atoms. The van der Waals surface area contributed by atoms with E-state index in [-0.39, 0.29) is 5.41 Å². The topological polar surface area (TPSA) is 18.0 Å². The predicted molar refractivity (Wildman–Crippen MR) is 290 cm³/mol. The number of rotatable bonds is 7. The molecule has 1 aliphatic carbocycles. The number of anilines is 3. The number of fused-ring (bicyclic) bond motifs is 10. The molecule has 4 heteroatoms. The Labute approximate surface area is 400 Å². The van der Waals surface area contributed by atoms with Gasteiger partial charge >= 0.3 is 0 Å². The fourth-order valence-corrected chi connectivity index (χ4v) is 11.5. The first-order valence-electron chi connectivity index (χ1n) is 23.9. The van der Waals surface area contributed by atoms with E-state index < -0.39 is 0 Å². The van der Waals surface area contributed by atoms with Crippen LogP contribution in [0.1, 0.15) is 25.0 Å². The fourth-order valence-electron chi connectivity index (χ4n) is 11.5. The van der Waals surface area contributed by atoms with Crippen LogP contribution < -0.4 is 4.90 Å². The first-order chi connectivity index (χ1) is 34.0. The molecule has 0 saturated heterocycles. The molecule has 0 atom stereocenters. The van der Waals surface area contributed by atoms with E-state index in [1.165, 1.54) is 87.9 Å². The van der Waals surface area contributed by atoms with Gasteiger partial charge in [-0.1, -0.05) is 141 Å². The van der Waals surface area contributed by atoms with Crippen molar-refractivity contribution in [3.8, 4) is 39.3 Å². The third-order valence-electron chi connectivity index (χ3n) is 14.8. The summed E-state index contributed by atoms with van der Waals surface area (Å²) in [5.41, 5.74) is 20.3. The standard InChI is InChI=1S/C65H46N4/c1-65(2)58-24-14-12-22-52(58)53-35-34-51(39-59(53)65)67(48-28-26-44(27-29-48)43-16-6-3-7-17-43)49-30-32-50(33-31-49)68-60-25-15-13-23-54(60)56-40-57-55-38-45-36-37-66(46-18-8-4-9-19-46)61(45)41-62(55)69(64(57)42-63(56)68)47-20-10-5-11-21-47/h3-42H,1-2H3. The first-order valence-corrected chi connectivity index (χ1v) is 23.9. The molecule has 0 fully saturated rings. The molecular formula is C65H46N4. The summed E-state index contributed by atoms with van der Waals surface area (Å²) >= 11 is 0. The minimum Gasteiger partial charge on any atom is -0.316 e. The quantitative estimate of drug-likeness (QED) is 0.156. The summed E-state index contributed by atoms with van der Waals surface area (Å²) in [5.74, 6) is 0. The predicted octanol–water partition coefficient (Wildman–Crippen LogP) is 17.3. The normalized spacial score (nSPS) is 12.9. The lowest BCUT2D eigenvalue weighted by molar-refractivity contribution is 0.660. The maximum atomic E-state index is 2.45. The number of para-hydroxylation sites is 3. The maximum absolute atomic E-state index is 2.45. The molecule has 0 saturated carbocycles. The van der Waals surface area contributed by atoms with Crippen LogP contribution in [0.2, 0.25) is 0 Å². The van der Waals surface area contributed by atoms with E-state index in [4.69, 9.17) is 0 Å². The van der Waals surface area contributed by atoms with Crippen LogP contribution in [-0.2, 0) is 5.41 Å². The Bertz CT molecular complexity index is 4120. The summed E-state index contributed by atoms with van der Waals surface area (Å²) in [6.07, 6.45) is 2.19. The zero-order valence-electron chi connectivity index (χ0n) is 38.4. The van der Waals surface area contributed by atoms with Crippen molar-refractivity contribution in [3.63, 3.8) is 0 Å². The highest BCUT2D eigenvalue weighted by Gasteiger charge is 2.36. The number of nitrogens with zero attached hydrogens (tertiary/aromatic N) is 4. The third kappa shape index (κ3) is 6.02.